The molecule has 11 heavy (non-hydrogen) atoms. The predicted molar refractivity (Wildman–Crippen MR) is 46.2 cm³/mol. The van der Waals surface area contributed by atoms with E-state index >= 15 is 0 Å². The lowest BCUT2D eigenvalue weighted by molar-refractivity contribution is 0.851. The first-order valence-electron chi connectivity index (χ1n) is 3.89. The summed E-state index contributed by atoms with van der Waals surface area (Å²) in [7, 11) is 0. The van der Waals surface area contributed by atoms with Gasteiger partial charge in [0.05, 0.1) is 5.69 Å². The summed E-state index contributed by atoms with van der Waals surface area (Å²) in [6.07, 6.45) is 1.82. The SMILES string of the molecule is CC(C)c1ccnc(CN)c1. The van der Waals surface area contributed by atoms with Gasteiger partial charge >= 0.3 is 0 Å². The number of nitrogens with zero attached hydrogens (tertiary/aromatic N) is 1. The van der Waals surface area contributed by atoms with Crippen LogP contribution in [0.25, 0.3) is 0 Å². The van der Waals surface area contributed by atoms with Gasteiger partial charge in [-0.05, 0) is 23.6 Å². The summed E-state index contributed by atoms with van der Waals surface area (Å²) >= 11 is 0. The highest BCUT2D eigenvalue weighted by atomic mass is 14.7. The molecule has 0 amide bonds. The van der Waals surface area contributed by atoms with E-state index < -0.39 is 0 Å². The van der Waals surface area contributed by atoms with Crippen molar-refractivity contribution in [3.05, 3.63) is 29.6 Å². The van der Waals surface area contributed by atoms with Crippen molar-refractivity contribution < 1.29 is 0 Å². The van der Waals surface area contributed by atoms with Crippen LogP contribution in [0.3, 0.4) is 0 Å². The summed E-state index contributed by atoms with van der Waals surface area (Å²) < 4.78 is 0. The van der Waals surface area contributed by atoms with Gasteiger partial charge < -0.3 is 5.73 Å². The van der Waals surface area contributed by atoms with Gasteiger partial charge in [0.15, 0.2) is 0 Å². The molecule has 0 fully saturated rings. The largest absolute Gasteiger partial charge is 0.325 e. The second kappa shape index (κ2) is 3.49. The Balaban J connectivity index is 2.91. The minimum atomic E-state index is 0.528. The van der Waals surface area contributed by atoms with Crippen LogP contribution in [-0.2, 0) is 6.54 Å². The Kier molecular flexibility index (Phi) is 2.60. The number of nitrogens with two attached hydrogens (primary N) is 1. The molecule has 0 radical (unpaired) electrons. The molecule has 0 atom stereocenters. The Morgan fingerprint density at radius 1 is 1.55 bits per heavy atom. The molecule has 60 valence electrons. The number of pyridine rings is 1. The van der Waals surface area contributed by atoms with Gasteiger partial charge in [-0.15, -0.1) is 0 Å². The average molecular weight is 150 g/mol. The second-order valence-electron chi connectivity index (χ2n) is 2.94. The molecule has 2 heteroatoms. The lowest BCUT2D eigenvalue weighted by Crippen LogP contribution is -2.00. The monoisotopic (exact) mass is 150 g/mol. The molecule has 0 aliphatic heterocycles. The molecule has 2 nitrogen and oxygen atoms in total. The molecule has 0 bridgehead atoms. The first-order chi connectivity index (χ1) is 5.24. The van der Waals surface area contributed by atoms with E-state index in [0.29, 0.717) is 12.5 Å². The molecule has 0 aromatic carbocycles. The van der Waals surface area contributed by atoms with E-state index in [-0.39, 0.29) is 0 Å². The summed E-state index contributed by atoms with van der Waals surface area (Å²) in [5.74, 6) is 0.559. The van der Waals surface area contributed by atoms with Gasteiger partial charge in [0, 0.05) is 12.7 Å². The molecule has 0 saturated heterocycles. The van der Waals surface area contributed by atoms with Crippen molar-refractivity contribution in [1.82, 2.24) is 4.98 Å². The van der Waals surface area contributed by atoms with Crippen LogP contribution in [0.2, 0.25) is 0 Å². The maximum atomic E-state index is 5.46. The van der Waals surface area contributed by atoms with Gasteiger partial charge in [0.2, 0.25) is 0 Å². The zero-order chi connectivity index (χ0) is 8.27. The molecule has 0 unspecified atom stereocenters. The topological polar surface area (TPSA) is 38.9 Å². The maximum absolute atomic E-state index is 5.46. The number of hydrogen-bond donors (Lipinski definition) is 1. The van der Waals surface area contributed by atoms with Crippen molar-refractivity contribution in [3.63, 3.8) is 0 Å². The normalized spacial score (nSPS) is 10.5. The summed E-state index contributed by atoms with van der Waals surface area (Å²) in [6.45, 7) is 4.85. The van der Waals surface area contributed by atoms with E-state index in [4.69, 9.17) is 5.73 Å². The molecular formula is C9H14N2. The van der Waals surface area contributed by atoms with E-state index in [2.05, 4.69) is 24.9 Å². The van der Waals surface area contributed by atoms with E-state index in [9.17, 15) is 0 Å². The second-order valence-corrected chi connectivity index (χ2v) is 2.94. The van der Waals surface area contributed by atoms with Crippen LogP contribution in [0.1, 0.15) is 31.0 Å². The summed E-state index contributed by atoms with van der Waals surface area (Å²) in [4.78, 5) is 4.12. The Bertz CT molecular complexity index is 231. The highest BCUT2D eigenvalue weighted by Gasteiger charge is 1.98. The average Bonchev–Trinajstić information content (AvgIpc) is 2.05. The van der Waals surface area contributed by atoms with Crippen LogP contribution >= 0.6 is 0 Å². The van der Waals surface area contributed by atoms with Crippen LogP contribution in [0.15, 0.2) is 18.3 Å². The molecule has 1 heterocycles. The Hall–Kier alpha value is -0.890. The quantitative estimate of drug-likeness (QED) is 0.696. The lowest BCUT2D eigenvalue weighted by atomic mass is 10.0. The van der Waals surface area contributed by atoms with E-state index in [0.717, 1.165) is 5.69 Å². The molecule has 1 aromatic heterocycles. The smallest absolute Gasteiger partial charge is 0.0542 e. The van der Waals surface area contributed by atoms with Crippen molar-refractivity contribution in [2.24, 2.45) is 5.73 Å². The first-order valence-corrected chi connectivity index (χ1v) is 3.89. The van der Waals surface area contributed by atoms with E-state index in [1.807, 2.05) is 12.3 Å². The fraction of sp³-hybridized carbons (Fsp3) is 0.444. The Morgan fingerprint density at radius 2 is 2.27 bits per heavy atom. The highest BCUT2D eigenvalue weighted by Crippen LogP contribution is 2.13. The van der Waals surface area contributed by atoms with Crippen LogP contribution in [0.4, 0.5) is 0 Å². The van der Waals surface area contributed by atoms with Crippen molar-refractivity contribution in [3.8, 4) is 0 Å². The van der Waals surface area contributed by atoms with E-state index in [1.54, 1.807) is 0 Å². The summed E-state index contributed by atoms with van der Waals surface area (Å²) in [6, 6.07) is 4.09. The standard InChI is InChI=1S/C9H14N2/c1-7(2)8-3-4-11-9(5-8)6-10/h3-5,7H,6,10H2,1-2H3. The molecule has 1 aromatic rings. The maximum Gasteiger partial charge on any atom is 0.0542 e. The van der Waals surface area contributed by atoms with Crippen LogP contribution < -0.4 is 5.73 Å². The van der Waals surface area contributed by atoms with Gasteiger partial charge in [0.25, 0.3) is 0 Å². The molecule has 0 aliphatic rings. The van der Waals surface area contributed by atoms with Gasteiger partial charge in [-0.2, -0.15) is 0 Å². The third-order valence-electron chi connectivity index (χ3n) is 1.72. The van der Waals surface area contributed by atoms with Crippen LogP contribution in [0.5, 0.6) is 0 Å². The highest BCUT2D eigenvalue weighted by molar-refractivity contribution is 5.19. The van der Waals surface area contributed by atoms with Crippen LogP contribution in [0, 0.1) is 0 Å². The van der Waals surface area contributed by atoms with Crippen molar-refractivity contribution in [2.45, 2.75) is 26.3 Å². The van der Waals surface area contributed by atoms with Gasteiger partial charge in [-0.25, -0.2) is 0 Å². The lowest BCUT2D eigenvalue weighted by Gasteiger charge is -2.05. The molecule has 2 N–H and O–H groups in total. The Morgan fingerprint density at radius 3 is 2.82 bits per heavy atom. The third-order valence-corrected chi connectivity index (χ3v) is 1.72. The predicted octanol–water partition coefficient (Wildman–Crippen LogP) is 1.66. The van der Waals surface area contributed by atoms with Crippen molar-refractivity contribution >= 4 is 0 Å². The van der Waals surface area contributed by atoms with E-state index in [1.165, 1.54) is 5.56 Å². The first kappa shape index (κ1) is 8.21. The molecule has 1 rings (SSSR count). The molecule has 0 spiro atoms. The number of rotatable bonds is 2. The summed E-state index contributed by atoms with van der Waals surface area (Å²) in [5, 5.41) is 0. The zero-order valence-electron chi connectivity index (χ0n) is 7.04. The van der Waals surface area contributed by atoms with Crippen LogP contribution in [-0.4, -0.2) is 4.98 Å². The molecular weight excluding hydrogens is 136 g/mol. The van der Waals surface area contributed by atoms with Gasteiger partial charge in [-0.3, -0.25) is 4.98 Å². The Labute approximate surface area is 67.5 Å². The third kappa shape index (κ3) is 2.02. The fourth-order valence-corrected chi connectivity index (χ4v) is 0.968. The molecule has 0 aliphatic carbocycles. The molecule has 0 saturated carbocycles. The number of aromatic nitrogens is 1. The minimum absolute atomic E-state index is 0.528. The fourth-order valence-electron chi connectivity index (χ4n) is 0.968. The van der Waals surface area contributed by atoms with Gasteiger partial charge in [-0.1, -0.05) is 13.8 Å². The van der Waals surface area contributed by atoms with Gasteiger partial charge in [0.1, 0.15) is 0 Å². The minimum Gasteiger partial charge on any atom is -0.325 e. The number of hydrogen-bond acceptors (Lipinski definition) is 2. The van der Waals surface area contributed by atoms with Crippen molar-refractivity contribution in [1.29, 1.82) is 0 Å². The zero-order valence-corrected chi connectivity index (χ0v) is 7.04. The van der Waals surface area contributed by atoms with Crippen molar-refractivity contribution in [2.75, 3.05) is 0 Å². The summed E-state index contributed by atoms with van der Waals surface area (Å²) in [5.41, 5.74) is 7.73.